The molecule has 1 atom stereocenters. The van der Waals surface area contributed by atoms with Crippen molar-refractivity contribution < 1.29 is 19.4 Å². The minimum absolute atomic E-state index is 0.0956. The molecule has 0 radical (unpaired) electrons. The first-order valence-electron chi connectivity index (χ1n) is 6.86. The van der Waals surface area contributed by atoms with E-state index in [9.17, 15) is 9.59 Å². The second-order valence-corrected chi connectivity index (χ2v) is 5.43. The van der Waals surface area contributed by atoms with Gasteiger partial charge in [0.05, 0.1) is 19.1 Å². The first-order chi connectivity index (χ1) is 9.08. The Labute approximate surface area is 113 Å². The van der Waals surface area contributed by atoms with E-state index in [2.05, 4.69) is 0 Å². The van der Waals surface area contributed by atoms with E-state index < -0.39 is 5.97 Å². The number of hydrogen-bond donors (Lipinski definition) is 1. The van der Waals surface area contributed by atoms with Crippen molar-refractivity contribution in [3.05, 3.63) is 0 Å². The highest BCUT2D eigenvalue weighted by molar-refractivity contribution is 5.79. The van der Waals surface area contributed by atoms with Crippen molar-refractivity contribution in [2.24, 2.45) is 5.92 Å². The molecule has 108 valence electrons. The Balaban J connectivity index is 1.76. The summed E-state index contributed by atoms with van der Waals surface area (Å²) in [5.74, 6) is -0.935. The lowest BCUT2D eigenvalue weighted by Crippen LogP contribution is -2.46. The maximum atomic E-state index is 12.1. The van der Waals surface area contributed by atoms with Crippen LogP contribution >= 0.6 is 0 Å². The molecule has 2 fully saturated rings. The number of aliphatic carboxylic acids is 1. The smallest absolute Gasteiger partial charge is 0.306 e. The van der Waals surface area contributed by atoms with Crippen molar-refractivity contribution in [3.8, 4) is 0 Å². The van der Waals surface area contributed by atoms with Gasteiger partial charge in [-0.25, -0.2) is 0 Å². The standard InChI is InChI=1S/C13H22N2O4/c1-14(11-4-7-19-9-11)8-12(16)15-5-2-10(3-6-15)13(17)18/h10-11H,2-9H2,1H3,(H,17,18). The third kappa shape index (κ3) is 3.67. The molecule has 2 heterocycles. The van der Waals surface area contributed by atoms with Crippen LogP contribution in [0.2, 0.25) is 0 Å². The fourth-order valence-corrected chi connectivity index (χ4v) is 2.69. The molecule has 0 bridgehead atoms. The Morgan fingerprint density at radius 3 is 2.53 bits per heavy atom. The van der Waals surface area contributed by atoms with Crippen LogP contribution < -0.4 is 0 Å². The molecule has 0 spiro atoms. The molecule has 0 aromatic carbocycles. The van der Waals surface area contributed by atoms with Gasteiger partial charge in [-0.3, -0.25) is 14.5 Å². The maximum absolute atomic E-state index is 12.1. The molecule has 19 heavy (non-hydrogen) atoms. The molecule has 1 amide bonds. The van der Waals surface area contributed by atoms with Gasteiger partial charge in [0.25, 0.3) is 0 Å². The zero-order valence-electron chi connectivity index (χ0n) is 11.4. The number of nitrogens with zero attached hydrogens (tertiary/aromatic N) is 2. The van der Waals surface area contributed by atoms with Crippen LogP contribution in [-0.4, -0.2) is 72.7 Å². The molecule has 2 aliphatic rings. The third-order valence-electron chi connectivity index (χ3n) is 4.11. The number of hydrogen-bond acceptors (Lipinski definition) is 4. The van der Waals surface area contributed by atoms with E-state index in [1.807, 2.05) is 11.9 Å². The monoisotopic (exact) mass is 270 g/mol. The summed E-state index contributed by atoms with van der Waals surface area (Å²) in [6, 6.07) is 0.334. The molecular weight excluding hydrogens is 248 g/mol. The van der Waals surface area contributed by atoms with Crippen molar-refractivity contribution >= 4 is 11.9 Å². The highest BCUT2D eigenvalue weighted by Gasteiger charge is 2.28. The number of ether oxygens (including phenoxy) is 1. The van der Waals surface area contributed by atoms with E-state index in [1.54, 1.807) is 4.90 Å². The first kappa shape index (κ1) is 14.3. The molecule has 2 aliphatic heterocycles. The predicted molar refractivity (Wildman–Crippen MR) is 68.8 cm³/mol. The fourth-order valence-electron chi connectivity index (χ4n) is 2.69. The van der Waals surface area contributed by atoms with Gasteiger partial charge < -0.3 is 14.7 Å². The van der Waals surface area contributed by atoms with Gasteiger partial charge in [0.15, 0.2) is 0 Å². The zero-order valence-corrected chi connectivity index (χ0v) is 11.4. The molecule has 6 heteroatoms. The topological polar surface area (TPSA) is 70.1 Å². The van der Waals surface area contributed by atoms with Crippen molar-refractivity contribution in [3.63, 3.8) is 0 Å². The summed E-state index contributed by atoms with van der Waals surface area (Å²) >= 11 is 0. The Hall–Kier alpha value is -1.14. The lowest BCUT2D eigenvalue weighted by atomic mass is 9.97. The average molecular weight is 270 g/mol. The number of rotatable bonds is 4. The summed E-state index contributed by atoms with van der Waals surface area (Å²) in [5.41, 5.74) is 0. The van der Waals surface area contributed by atoms with E-state index in [0.717, 1.165) is 13.0 Å². The van der Waals surface area contributed by atoms with E-state index in [1.165, 1.54) is 0 Å². The molecule has 0 aromatic heterocycles. The minimum atomic E-state index is -0.743. The second kappa shape index (κ2) is 6.34. The number of carboxylic acids is 1. The summed E-state index contributed by atoms with van der Waals surface area (Å²) in [6.07, 6.45) is 2.11. The summed E-state index contributed by atoms with van der Waals surface area (Å²) in [5, 5.41) is 8.93. The van der Waals surface area contributed by atoms with E-state index in [0.29, 0.717) is 45.1 Å². The van der Waals surface area contributed by atoms with Gasteiger partial charge in [-0.2, -0.15) is 0 Å². The van der Waals surface area contributed by atoms with E-state index in [-0.39, 0.29) is 11.8 Å². The lowest BCUT2D eigenvalue weighted by Gasteiger charge is -2.32. The molecule has 6 nitrogen and oxygen atoms in total. The molecule has 2 saturated heterocycles. The Morgan fingerprint density at radius 2 is 2.00 bits per heavy atom. The molecule has 0 aliphatic carbocycles. The quantitative estimate of drug-likeness (QED) is 0.780. The molecule has 0 aromatic rings. The number of likely N-dealkylation sites (tertiary alicyclic amines) is 1. The van der Waals surface area contributed by atoms with Crippen molar-refractivity contribution in [2.75, 3.05) is 39.9 Å². The van der Waals surface area contributed by atoms with Crippen LogP contribution in [0.25, 0.3) is 0 Å². The van der Waals surface area contributed by atoms with Crippen molar-refractivity contribution in [2.45, 2.75) is 25.3 Å². The Bertz CT molecular complexity index is 334. The van der Waals surface area contributed by atoms with Crippen molar-refractivity contribution in [1.82, 2.24) is 9.80 Å². The number of carboxylic acid groups (broad SMARTS) is 1. The van der Waals surface area contributed by atoms with Crippen LogP contribution in [0, 0.1) is 5.92 Å². The number of likely N-dealkylation sites (N-methyl/N-ethyl adjacent to an activating group) is 1. The molecule has 0 saturated carbocycles. The van der Waals surface area contributed by atoms with Gasteiger partial charge in [0.1, 0.15) is 0 Å². The second-order valence-electron chi connectivity index (χ2n) is 5.43. The minimum Gasteiger partial charge on any atom is -0.481 e. The van der Waals surface area contributed by atoms with Gasteiger partial charge in [-0.15, -0.1) is 0 Å². The first-order valence-corrected chi connectivity index (χ1v) is 6.86. The van der Waals surface area contributed by atoms with Crippen LogP contribution in [0.4, 0.5) is 0 Å². The molecular formula is C13H22N2O4. The maximum Gasteiger partial charge on any atom is 0.306 e. The summed E-state index contributed by atoms with van der Waals surface area (Å²) in [6.45, 7) is 2.99. The Morgan fingerprint density at radius 1 is 1.32 bits per heavy atom. The van der Waals surface area contributed by atoms with Crippen molar-refractivity contribution in [1.29, 1.82) is 0 Å². The average Bonchev–Trinajstić information content (AvgIpc) is 2.92. The largest absolute Gasteiger partial charge is 0.481 e. The molecule has 2 rings (SSSR count). The Kier molecular flexibility index (Phi) is 4.76. The lowest BCUT2D eigenvalue weighted by molar-refractivity contribution is -0.146. The van der Waals surface area contributed by atoms with Crippen LogP contribution in [0.15, 0.2) is 0 Å². The number of carbonyl (C=O) groups excluding carboxylic acids is 1. The van der Waals surface area contributed by atoms with Gasteiger partial charge >= 0.3 is 5.97 Å². The zero-order chi connectivity index (χ0) is 13.8. The van der Waals surface area contributed by atoms with Crippen LogP contribution in [-0.2, 0) is 14.3 Å². The molecule has 1 N–H and O–H groups in total. The fraction of sp³-hybridized carbons (Fsp3) is 0.846. The van der Waals surface area contributed by atoms with E-state index in [4.69, 9.17) is 9.84 Å². The van der Waals surface area contributed by atoms with Crippen LogP contribution in [0.5, 0.6) is 0 Å². The van der Waals surface area contributed by atoms with Gasteiger partial charge in [0.2, 0.25) is 5.91 Å². The molecule has 1 unspecified atom stereocenters. The van der Waals surface area contributed by atoms with Crippen LogP contribution in [0.1, 0.15) is 19.3 Å². The van der Waals surface area contributed by atoms with E-state index >= 15 is 0 Å². The van der Waals surface area contributed by atoms with Gasteiger partial charge in [0, 0.05) is 25.7 Å². The summed E-state index contributed by atoms with van der Waals surface area (Å²) in [4.78, 5) is 26.8. The third-order valence-corrected chi connectivity index (χ3v) is 4.11. The summed E-state index contributed by atoms with van der Waals surface area (Å²) in [7, 11) is 1.95. The highest BCUT2D eigenvalue weighted by Crippen LogP contribution is 2.18. The van der Waals surface area contributed by atoms with Gasteiger partial charge in [-0.1, -0.05) is 0 Å². The number of amides is 1. The predicted octanol–water partition coefficient (Wildman–Crippen LogP) is 0.0303. The normalized spacial score (nSPS) is 24.9. The highest BCUT2D eigenvalue weighted by atomic mass is 16.5. The summed E-state index contributed by atoms with van der Waals surface area (Å²) < 4.78 is 5.31. The number of carbonyl (C=O) groups is 2. The SMILES string of the molecule is CN(CC(=O)N1CCC(C(=O)O)CC1)C1CCOC1. The van der Waals surface area contributed by atoms with Crippen LogP contribution in [0.3, 0.4) is 0 Å². The van der Waals surface area contributed by atoms with Gasteiger partial charge in [-0.05, 0) is 26.3 Å². The number of piperidine rings is 1.